The summed E-state index contributed by atoms with van der Waals surface area (Å²) in [5.74, 6) is 2.30. The van der Waals surface area contributed by atoms with Crippen molar-refractivity contribution in [1.29, 1.82) is 0 Å². The molecule has 1 saturated heterocycles. The van der Waals surface area contributed by atoms with Crippen LogP contribution in [0.2, 0.25) is 0 Å². The van der Waals surface area contributed by atoms with E-state index in [1.54, 1.807) is 6.92 Å². The Morgan fingerprint density at radius 1 is 1.67 bits per heavy atom. The van der Waals surface area contributed by atoms with Gasteiger partial charge >= 0.3 is 0 Å². The first-order valence-electron chi connectivity index (χ1n) is 5.30. The van der Waals surface area contributed by atoms with E-state index in [4.69, 9.17) is 11.2 Å². The lowest BCUT2D eigenvalue weighted by molar-refractivity contribution is -0.128. The molecule has 2 N–H and O–H groups in total. The van der Waals surface area contributed by atoms with E-state index in [1.165, 1.54) is 0 Å². The van der Waals surface area contributed by atoms with Crippen LogP contribution < -0.4 is 10.6 Å². The fourth-order valence-corrected chi connectivity index (χ4v) is 1.48. The molecule has 1 rings (SSSR count). The van der Waals surface area contributed by atoms with Gasteiger partial charge < -0.3 is 15.4 Å². The average molecular weight is 210 g/mol. The van der Waals surface area contributed by atoms with Gasteiger partial charge in [-0.3, -0.25) is 4.79 Å². The number of rotatable bonds is 4. The first kappa shape index (κ1) is 12.0. The van der Waals surface area contributed by atoms with Crippen LogP contribution in [0.15, 0.2) is 0 Å². The standard InChI is InChI=1S/C11H18N2O2/c1-3-9(2)13-11(14)8-15-10-4-6-12-7-5-10/h1,9-10,12H,4-8H2,2H3,(H,13,14). The van der Waals surface area contributed by atoms with Crippen LogP contribution in [0.1, 0.15) is 19.8 Å². The molecule has 0 aromatic heterocycles. The smallest absolute Gasteiger partial charge is 0.246 e. The zero-order valence-corrected chi connectivity index (χ0v) is 9.08. The Morgan fingerprint density at radius 2 is 2.33 bits per heavy atom. The number of carbonyl (C=O) groups excluding carboxylic acids is 1. The lowest BCUT2D eigenvalue weighted by atomic mass is 10.1. The Hall–Kier alpha value is -1.05. The van der Waals surface area contributed by atoms with E-state index in [1.807, 2.05) is 0 Å². The van der Waals surface area contributed by atoms with Crippen LogP contribution >= 0.6 is 0 Å². The van der Waals surface area contributed by atoms with Gasteiger partial charge in [0.15, 0.2) is 0 Å². The molecule has 0 radical (unpaired) electrons. The molecule has 1 unspecified atom stereocenters. The highest BCUT2D eigenvalue weighted by Gasteiger charge is 2.14. The van der Waals surface area contributed by atoms with Gasteiger partial charge in [0.1, 0.15) is 6.61 Å². The Labute approximate surface area is 90.8 Å². The van der Waals surface area contributed by atoms with Crippen molar-refractivity contribution in [3.8, 4) is 12.3 Å². The van der Waals surface area contributed by atoms with Crippen molar-refractivity contribution in [2.24, 2.45) is 0 Å². The normalized spacial score (nSPS) is 19.2. The molecule has 0 bridgehead atoms. The Balaban J connectivity index is 2.13. The third-order valence-electron chi connectivity index (χ3n) is 2.36. The highest BCUT2D eigenvalue weighted by molar-refractivity contribution is 5.77. The molecule has 4 heteroatoms. The quantitative estimate of drug-likeness (QED) is 0.637. The van der Waals surface area contributed by atoms with Crippen LogP contribution in [0.5, 0.6) is 0 Å². The summed E-state index contributed by atoms with van der Waals surface area (Å²) in [6.45, 7) is 3.80. The molecule has 1 aliphatic heterocycles. The number of terminal acetylenes is 1. The van der Waals surface area contributed by atoms with Gasteiger partial charge in [-0.05, 0) is 32.9 Å². The van der Waals surface area contributed by atoms with Crippen LogP contribution in [0.4, 0.5) is 0 Å². The minimum atomic E-state index is -0.228. The topological polar surface area (TPSA) is 50.4 Å². The molecule has 15 heavy (non-hydrogen) atoms. The molecule has 1 aliphatic rings. The number of hydrogen-bond donors (Lipinski definition) is 2. The van der Waals surface area contributed by atoms with E-state index >= 15 is 0 Å². The highest BCUT2D eigenvalue weighted by Crippen LogP contribution is 2.06. The minimum absolute atomic E-state index is 0.108. The monoisotopic (exact) mass is 210 g/mol. The highest BCUT2D eigenvalue weighted by atomic mass is 16.5. The second-order valence-electron chi connectivity index (χ2n) is 3.72. The van der Waals surface area contributed by atoms with Crippen LogP contribution in [-0.4, -0.2) is 37.7 Å². The van der Waals surface area contributed by atoms with E-state index in [9.17, 15) is 4.79 Å². The Kier molecular flexibility index (Phi) is 5.16. The molecular weight excluding hydrogens is 192 g/mol. The van der Waals surface area contributed by atoms with E-state index in [-0.39, 0.29) is 24.7 Å². The lowest BCUT2D eigenvalue weighted by Crippen LogP contribution is -2.38. The maximum atomic E-state index is 11.3. The van der Waals surface area contributed by atoms with E-state index in [2.05, 4.69) is 16.6 Å². The largest absolute Gasteiger partial charge is 0.368 e. The van der Waals surface area contributed by atoms with Crippen molar-refractivity contribution >= 4 is 5.91 Å². The lowest BCUT2D eigenvalue weighted by Gasteiger charge is -2.22. The summed E-state index contributed by atoms with van der Waals surface area (Å²) in [6.07, 6.45) is 7.29. The van der Waals surface area contributed by atoms with E-state index < -0.39 is 0 Å². The molecule has 0 aliphatic carbocycles. The van der Waals surface area contributed by atoms with Crippen molar-refractivity contribution in [2.45, 2.75) is 31.9 Å². The van der Waals surface area contributed by atoms with Crippen molar-refractivity contribution in [3.05, 3.63) is 0 Å². The maximum Gasteiger partial charge on any atom is 0.246 e. The molecule has 84 valence electrons. The fraction of sp³-hybridized carbons (Fsp3) is 0.727. The number of amides is 1. The predicted molar refractivity (Wildman–Crippen MR) is 58.3 cm³/mol. The van der Waals surface area contributed by atoms with Crippen molar-refractivity contribution in [3.63, 3.8) is 0 Å². The predicted octanol–water partition coefficient (Wildman–Crippen LogP) is -0.107. The number of piperidine rings is 1. The van der Waals surface area contributed by atoms with Gasteiger partial charge in [-0.2, -0.15) is 0 Å². The van der Waals surface area contributed by atoms with E-state index in [0.717, 1.165) is 25.9 Å². The van der Waals surface area contributed by atoms with Gasteiger partial charge in [0.05, 0.1) is 12.1 Å². The van der Waals surface area contributed by atoms with Gasteiger partial charge in [-0.15, -0.1) is 6.42 Å². The zero-order chi connectivity index (χ0) is 11.1. The van der Waals surface area contributed by atoms with Crippen LogP contribution in [0.3, 0.4) is 0 Å². The molecule has 0 spiro atoms. The SMILES string of the molecule is C#CC(C)NC(=O)COC1CCNCC1. The number of nitrogens with one attached hydrogen (secondary N) is 2. The van der Waals surface area contributed by atoms with Crippen molar-refractivity contribution < 1.29 is 9.53 Å². The third-order valence-corrected chi connectivity index (χ3v) is 2.36. The summed E-state index contributed by atoms with van der Waals surface area (Å²) in [5.41, 5.74) is 0. The van der Waals surface area contributed by atoms with Gasteiger partial charge in [0.2, 0.25) is 5.91 Å². The second-order valence-corrected chi connectivity index (χ2v) is 3.72. The molecule has 1 heterocycles. The summed E-state index contributed by atoms with van der Waals surface area (Å²) in [6, 6.07) is -0.228. The molecule has 0 saturated carbocycles. The van der Waals surface area contributed by atoms with Gasteiger partial charge in [-0.25, -0.2) is 0 Å². The summed E-state index contributed by atoms with van der Waals surface area (Å²) >= 11 is 0. The summed E-state index contributed by atoms with van der Waals surface area (Å²) < 4.78 is 5.47. The van der Waals surface area contributed by atoms with E-state index in [0.29, 0.717) is 0 Å². The number of hydrogen-bond acceptors (Lipinski definition) is 3. The summed E-state index contributed by atoms with van der Waals surface area (Å²) in [5, 5.41) is 5.89. The molecule has 1 amide bonds. The van der Waals surface area contributed by atoms with Crippen LogP contribution in [0, 0.1) is 12.3 Å². The van der Waals surface area contributed by atoms with Gasteiger partial charge in [-0.1, -0.05) is 5.92 Å². The molecule has 0 aromatic carbocycles. The molecular formula is C11H18N2O2. The van der Waals surface area contributed by atoms with Crippen molar-refractivity contribution in [2.75, 3.05) is 19.7 Å². The zero-order valence-electron chi connectivity index (χ0n) is 9.08. The number of ether oxygens (including phenoxy) is 1. The summed E-state index contributed by atoms with van der Waals surface area (Å²) in [4.78, 5) is 11.3. The summed E-state index contributed by atoms with van der Waals surface area (Å²) in [7, 11) is 0. The maximum absolute atomic E-state index is 11.3. The third kappa shape index (κ3) is 4.82. The minimum Gasteiger partial charge on any atom is -0.368 e. The van der Waals surface area contributed by atoms with Crippen molar-refractivity contribution in [1.82, 2.24) is 10.6 Å². The van der Waals surface area contributed by atoms with Gasteiger partial charge in [0, 0.05) is 0 Å². The molecule has 1 fully saturated rings. The Morgan fingerprint density at radius 3 is 2.93 bits per heavy atom. The fourth-order valence-electron chi connectivity index (χ4n) is 1.48. The first-order valence-corrected chi connectivity index (χ1v) is 5.30. The first-order chi connectivity index (χ1) is 7.22. The molecule has 4 nitrogen and oxygen atoms in total. The van der Waals surface area contributed by atoms with Crippen LogP contribution in [-0.2, 0) is 9.53 Å². The second kappa shape index (κ2) is 6.44. The molecule has 1 atom stereocenters. The van der Waals surface area contributed by atoms with Gasteiger partial charge in [0.25, 0.3) is 0 Å². The number of carbonyl (C=O) groups is 1. The molecule has 0 aromatic rings. The Bertz CT molecular complexity index is 241. The average Bonchev–Trinajstić information content (AvgIpc) is 2.27. The van der Waals surface area contributed by atoms with Crippen LogP contribution in [0.25, 0.3) is 0 Å².